The summed E-state index contributed by atoms with van der Waals surface area (Å²) in [6.07, 6.45) is 0. The van der Waals surface area contributed by atoms with Crippen molar-refractivity contribution in [2.75, 3.05) is 7.11 Å². The SMILES string of the molecule is COc1c(CN[C@H](C)c2ccc(F)cc2)c(C)nn1C. The molecule has 0 spiro atoms. The summed E-state index contributed by atoms with van der Waals surface area (Å²) in [7, 11) is 3.50. The molecule has 0 radical (unpaired) electrons. The van der Waals surface area contributed by atoms with Crippen LogP contribution in [0.1, 0.15) is 29.8 Å². The lowest BCUT2D eigenvalue weighted by Crippen LogP contribution is -2.18. The monoisotopic (exact) mass is 277 g/mol. The summed E-state index contributed by atoms with van der Waals surface area (Å²) in [6.45, 7) is 4.66. The smallest absolute Gasteiger partial charge is 0.216 e. The first kappa shape index (κ1) is 14.5. The zero-order valence-corrected chi connectivity index (χ0v) is 12.3. The van der Waals surface area contributed by atoms with E-state index in [1.165, 1.54) is 12.1 Å². The first-order valence-corrected chi connectivity index (χ1v) is 6.58. The zero-order valence-electron chi connectivity index (χ0n) is 12.3. The molecule has 1 heterocycles. The number of hydrogen-bond acceptors (Lipinski definition) is 3. The van der Waals surface area contributed by atoms with E-state index in [2.05, 4.69) is 10.4 Å². The van der Waals surface area contributed by atoms with Crippen LogP contribution in [0, 0.1) is 12.7 Å². The van der Waals surface area contributed by atoms with E-state index in [4.69, 9.17) is 4.74 Å². The van der Waals surface area contributed by atoms with Gasteiger partial charge in [-0.25, -0.2) is 9.07 Å². The number of benzene rings is 1. The van der Waals surface area contributed by atoms with E-state index in [0.717, 1.165) is 22.7 Å². The Labute approximate surface area is 118 Å². The Hall–Kier alpha value is -1.88. The summed E-state index contributed by atoms with van der Waals surface area (Å²) >= 11 is 0. The van der Waals surface area contributed by atoms with Gasteiger partial charge in [0.25, 0.3) is 0 Å². The van der Waals surface area contributed by atoms with Crippen molar-refractivity contribution in [1.82, 2.24) is 15.1 Å². The predicted molar refractivity (Wildman–Crippen MR) is 76.2 cm³/mol. The second-order valence-electron chi connectivity index (χ2n) is 4.85. The Morgan fingerprint density at radius 3 is 2.60 bits per heavy atom. The number of aromatic nitrogens is 2. The van der Waals surface area contributed by atoms with Crippen molar-refractivity contribution in [3.05, 3.63) is 46.9 Å². The summed E-state index contributed by atoms with van der Waals surface area (Å²) in [5.41, 5.74) is 3.04. The topological polar surface area (TPSA) is 39.1 Å². The van der Waals surface area contributed by atoms with Gasteiger partial charge in [0.2, 0.25) is 5.88 Å². The van der Waals surface area contributed by atoms with E-state index in [-0.39, 0.29) is 11.9 Å². The van der Waals surface area contributed by atoms with Crippen LogP contribution in [0.2, 0.25) is 0 Å². The predicted octanol–water partition coefficient (Wildman–Crippen LogP) is 2.73. The van der Waals surface area contributed by atoms with Gasteiger partial charge in [-0.2, -0.15) is 5.10 Å². The number of nitrogens with zero attached hydrogens (tertiary/aromatic N) is 2. The number of halogens is 1. The van der Waals surface area contributed by atoms with Gasteiger partial charge < -0.3 is 10.1 Å². The molecule has 0 bridgehead atoms. The van der Waals surface area contributed by atoms with Crippen molar-refractivity contribution in [3.8, 4) is 5.88 Å². The minimum absolute atomic E-state index is 0.125. The van der Waals surface area contributed by atoms with Crippen LogP contribution in [0.4, 0.5) is 4.39 Å². The van der Waals surface area contributed by atoms with Crippen molar-refractivity contribution >= 4 is 0 Å². The number of rotatable bonds is 5. The molecule has 1 aromatic carbocycles. The Morgan fingerprint density at radius 1 is 1.35 bits per heavy atom. The number of ether oxygens (including phenoxy) is 1. The lowest BCUT2D eigenvalue weighted by Gasteiger charge is -2.14. The van der Waals surface area contributed by atoms with Crippen LogP contribution >= 0.6 is 0 Å². The van der Waals surface area contributed by atoms with Gasteiger partial charge in [0.15, 0.2) is 0 Å². The largest absolute Gasteiger partial charge is 0.481 e. The molecule has 1 aromatic heterocycles. The minimum atomic E-state index is -0.217. The third-order valence-corrected chi connectivity index (χ3v) is 3.44. The molecule has 108 valence electrons. The van der Waals surface area contributed by atoms with E-state index in [1.807, 2.05) is 20.9 Å². The number of hydrogen-bond donors (Lipinski definition) is 1. The second-order valence-corrected chi connectivity index (χ2v) is 4.85. The molecule has 5 heteroatoms. The molecule has 0 aliphatic heterocycles. The molecule has 2 rings (SSSR count). The van der Waals surface area contributed by atoms with Crippen molar-refractivity contribution in [2.24, 2.45) is 7.05 Å². The normalized spacial score (nSPS) is 12.4. The lowest BCUT2D eigenvalue weighted by atomic mass is 10.1. The maximum atomic E-state index is 12.9. The maximum Gasteiger partial charge on any atom is 0.216 e. The molecule has 2 aromatic rings. The summed E-state index contributed by atoms with van der Waals surface area (Å²) < 4.78 is 20.0. The number of aryl methyl sites for hydroxylation is 2. The molecular weight excluding hydrogens is 257 g/mol. The molecule has 0 aliphatic rings. The Kier molecular flexibility index (Phi) is 4.39. The van der Waals surface area contributed by atoms with Crippen molar-refractivity contribution in [2.45, 2.75) is 26.4 Å². The number of nitrogens with one attached hydrogen (secondary N) is 1. The van der Waals surface area contributed by atoms with Gasteiger partial charge in [-0.05, 0) is 31.5 Å². The molecule has 0 amide bonds. The molecule has 20 heavy (non-hydrogen) atoms. The van der Waals surface area contributed by atoms with Gasteiger partial charge in [0.05, 0.1) is 18.4 Å². The molecule has 0 aliphatic carbocycles. The average molecular weight is 277 g/mol. The van der Waals surface area contributed by atoms with Crippen LogP contribution in [0.5, 0.6) is 5.88 Å². The first-order valence-electron chi connectivity index (χ1n) is 6.58. The average Bonchev–Trinajstić information content (AvgIpc) is 2.70. The molecule has 0 unspecified atom stereocenters. The van der Waals surface area contributed by atoms with Crippen LogP contribution < -0.4 is 10.1 Å². The Morgan fingerprint density at radius 2 is 2.00 bits per heavy atom. The van der Waals surface area contributed by atoms with Gasteiger partial charge in [0, 0.05) is 19.6 Å². The van der Waals surface area contributed by atoms with E-state index >= 15 is 0 Å². The summed E-state index contributed by atoms with van der Waals surface area (Å²) in [5, 5.41) is 7.75. The second kappa shape index (κ2) is 6.05. The molecule has 0 fully saturated rings. The first-order chi connectivity index (χ1) is 9.52. The van der Waals surface area contributed by atoms with E-state index < -0.39 is 0 Å². The number of methoxy groups -OCH3 is 1. The van der Waals surface area contributed by atoms with Gasteiger partial charge in [0.1, 0.15) is 5.82 Å². The van der Waals surface area contributed by atoms with E-state index in [0.29, 0.717) is 6.54 Å². The highest BCUT2D eigenvalue weighted by molar-refractivity contribution is 5.31. The summed E-state index contributed by atoms with van der Waals surface area (Å²) in [6, 6.07) is 6.66. The van der Waals surface area contributed by atoms with Gasteiger partial charge in [-0.15, -0.1) is 0 Å². The van der Waals surface area contributed by atoms with Gasteiger partial charge in [-0.1, -0.05) is 12.1 Å². The van der Waals surface area contributed by atoms with Gasteiger partial charge >= 0.3 is 0 Å². The maximum absolute atomic E-state index is 12.9. The van der Waals surface area contributed by atoms with Crippen LogP contribution in [0.25, 0.3) is 0 Å². The highest BCUT2D eigenvalue weighted by Gasteiger charge is 2.14. The summed E-state index contributed by atoms with van der Waals surface area (Å²) in [4.78, 5) is 0. The van der Waals surface area contributed by atoms with Crippen molar-refractivity contribution in [3.63, 3.8) is 0 Å². The Bertz CT molecular complexity index is 578. The van der Waals surface area contributed by atoms with Crippen molar-refractivity contribution < 1.29 is 9.13 Å². The zero-order chi connectivity index (χ0) is 14.7. The molecule has 1 N–H and O–H groups in total. The van der Waals surface area contributed by atoms with E-state index in [1.54, 1.807) is 23.9 Å². The molecule has 0 saturated heterocycles. The Balaban J connectivity index is 2.07. The van der Waals surface area contributed by atoms with Crippen LogP contribution in [0.15, 0.2) is 24.3 Å². The highest BCUT2D eigenvalue weighted by atomic mass is 19.1. The van der Waals surface area contributed by atoms with E-state index in [9.17, 15) is 4.39 Å². The third kappa shape index (κ3) is 2.99. The van der Waals surface area contributed by atoms with Crippen LogP contribution in [0.3, 0.4) is 0 Å². The fraction of sp³-hybridized carbons (Fsp3) is 0.400. The fourth-order valence-electron chi connectivity index (χ4n) is 2.26. The highest BCUT2D eigenvalue weighted by Crippen LogP contribution is 2.22. The standard InChI is InChI=1S/C15H20FN3O/c1-10(12-5-7-13(16)8-6-12)17-9-14-11(2)18-19(3)15(14)20-4/h5-8,10,17H,9H2,1-4H3/t10-/m1/s1. The third-order valence-electron chi connectivity index (χ3n) is 3.44. The van der Waals surface area contributed by atoms with Crippen molar-refractivity contribution in [1.29, 1.82) is 0 Å². The molecule has 4 nitrogen and oxygen atoms in total. The molecule has 0 saturated carbocycles. The van der Waals surface area contributed by atoms with Crippen LogP contribution in [-0.2, 0) is 13.6 Å². The quantitative estimate of drug-likeness (QED) is 0.913. The molecule has 1 atom stereocenters. The lowest BCUT2D eigenvalue weighted by molar-refractivity contribution is 0.367. The van der Waals surface area contributed by atoms with Gasteiger partial charge in [-0.3, -0.25) is 0 Å². The van der Waals surface area contributed by atoms with Crippen LogP contribution in [-0.4, -0.2) is 16.9 Å². The fourth-order valence-corrected chi connectivity index (χ4v) is 2.26. The summed E-state index contributed by atoms with van der Waals surface area (Å²) in [5.74, 6) is 0.548. The minimum Gasteiger partial charge on any atom is -0.481 e. The molecular formula is C15H20FN3O.